The van der Waals surface area contributed by atoms with E-state index in [0.29, 0.717) is 17.2 Å². The molecule has 1 atom stereocenters. The molecular weight excluding hydrogens is 343 g/mol. The zero-order valence-corrected chi connectivity index (χ0v) is 14.5. The molecule has 0 aliphatic carbocycles. The number of benzene rings is 2. The van der Waals surface area contributed by atoms with Crippen LogP contribution in [0.3, 0.4) is 0 Å². The smallest absolute Gasteiger partial charge is 0.279 e. The second-order valence-electron chi connectivity index (χ2n) is 5.22. The molecule has 0 unspecified atom stereocenters. The van der Waals surface area contributed by atoms with E-state index >= 15 is 0 Å². The van der Waals surface area contributed by atoms with Crippen molar-refractivity contribution in [2.75, 3.05) is 14.2 Å². The first-order valence-corrected chi connectivity index (χ1v) is 7.69. The van der Waals surface area contributed by atoms with Gasteiger partial charge in [0.25, 0.3) is 11.8 Å². The van der Waals surface area contributed by atoms with Gasteiger partial charge in [0.2, 0.25) is 0 Å². The van der Waals surface area contributed by atoms with Gasteiger partial charge in [-0.15, -0.1) is 0 Å². The number of amides is 2. The summed E-state index contributed by atoms with van der Waals surface area (Å²) < 4.78 is 28.4. The monoisotopic (exact) mass is 362 g/mol. The molecule has 0 heterocycles. The van der Waals surface area contributed by atoms with Crippen molar-refractivity contribution in [2.45, 2.75) is 13.0 Å². The Balaban J connectivity index is 1.95. The van der Waals surface area contributed by atoms with Crippen molar-refractivity contribution in [3.05, 3.63) is 53.8 Å². The van der Waals surface area contributed by atoms with Gasteiger partial charge in [-0.2, -0.15) is 0 Å². The highest BCUT2D eigenvalue weighted by molar-refractivity contribution is 5.98. The van der Waals surface area contributed by atoms with Crippen LogP contribution < -0.4 is 25.1 Å². The van der Waals surface area contributed by atoms with Crippen molar-refractivity contribution >= 4 is 11.8 Å². The Kier molecular flexibility index (Phi) is 6.37. The molecule has 0 saturated heterocycles. The highest BCUT2D eigenvalue weighted by atomic mass is 19.1. The van der Waals surface area contributed by atoms with Crippen molar-refractivity contribution in [1.29, 1.82) is 0 Å². The zero-order valence-electron chi connectivity index (χ0n) is 14.5. The average Bonchev–Trinajstić information content (AvgIpc) is 2.66. The molecule has 2 rings (SSSR count). The number of halogens is 1. The minimum Gasteiger partial charge on any atom is -0.497 e. The average molecular weight is 362 g/mol. The van der Waals surface area contributed by atoms with Crippen molar-refractivity contribution < 1.29 is 28.2 Å². The standard InChI is InChI=1S/C18H19FN2O5/c1-11(26-13-6-4-12(19)5-7-13)17(22)20-21-18(23)15-10-14(24-2)8-9-16(15)25-3/h4-11H,1-3H3,(H,20,22)(H,21,23)/t11-/m0/s1. The normalized spacial score (nSPS) is 11.2. The quantitative estimate of drug-likeness (QED) is 0.769. The van der Waals surface area contributed by atoms with Gasteiger partial charge in [-0.3, -0.25) is 20.4 Å². The van der Waals surface area contributed by atoms with Crippen LogP contribution in [0.1, 0.15) is 17.3 Å². The minimum absolute atomic E-state index is 0.194. The molecule has 8 heteroatoms. The highest BCUT2D eigenvalue weighted by Crippen LogP contribution is 2.23. The lowest BCUT2D eigenvalue weighted by atomic mass is 10.2. The van der Waals surface area contributed by atoms with Crippen LogP contribution >= 0.6 is 0 Å². The largest absolute Gasteiger partial charge is 0.497 e. The Labute approximate surface area is 150 Å². The fourth-order valence-electron chi connectivity index (χ4n) is 2.05. The Bertz CT molecular complexity index is 780. The van der Waals surface area contributed by atoms with Crippen LogP contribution in [0.4, 0.5) is 4.39 Å². The van der Waals surface area contributed by atoms with Crippen LogP contribution in [0.15, 0.2) is 42.5 Å². The summed E-state index contributed by atoms with van der Waals surface area (Å²) in [6.45, 7) is 1.50. The van der Waals surface area contributed by atoms with Gasteiger partial charge in [0.15, 0.2) is 6.10 Å². The maximum Gasteiger partial charge on any atom is 0.279 e. The van der Waals surface area contributed by atoms with E-state index in [2.05, 4.69) is 10.9 Å². The molecular formula is C18H19FN2O5. The number of carbonyl (C=O) groups is 2. The van der Waals surface area contributed by atoms with E-state index in [4.69, 9.17) is 14.2 Å². The molecule has 26 heavy (non-hydrogen) atoms. The molecule has 0 saturated carbocycles. The van der Waals surface area contributed by atoms with Crippen LogP contribution in [0.5, 0.6) is 17.2 Å². The predicted octanol–water partition coefficient (Wildman–Crippen LogP) is 2.07. The first-order valence-electron chi connectivity index (χ1n) is 7.69. The van der Waals surface area contributed by atoms with Gasteiger partial charge in [0.1, 0.15) is 23.1 Å². The van der Waals surface area contributed by atoms with Crippen LogP contribution in [0, 0.1) is 5.82 Å². The molecule has 138 valence electrons. The van der Waals surface area contributed by atoms with E-state index in [1.807, 2.05) is 0 Å². The number of ether oxygens (including phenoxy) is 3. The van der Waals surface area contributed by atoms with Gasteiger partial charge >= 0.3 is 0 Å². The maximum atomic E-state index is 12.9. The number of nitrogens with one attached hydrogen (secondary N) is 2. The molecule has 2 amide bonds. The number of methoxy groups -OCH3 is 2. The van der Waals surface area contributed by atoms with Crippen molar-refractivity contribution in [3.8, 4) is 17.2 Å². The summed E-state index contributed by atoms with van der Waals surface area (Å²) >= 11 is 0. The topological polar surface area (TPSA) is 85.9 Å². The molecule has 0 aromatic heterocycles. The number of hydrogen-bond acceptors (Lipinski definition) is 5. The minimum atomic E-state index is -0.909. The summed E-state index contributed by atoms with van der Waals surface area (Å²) in [7, 11) is 2.90. The van der Waals surface area contributed by atoms with Crippen molar-refractivity contribution in [3.63, 3.8) is 0 Å². The molecule has 0 aliphatic rings. The van der Waals surface area contributed by atoms with Crippen LogP contribution in [-0.4, -0.2) is 32.1 Å². The molecule has 0 radical (unpaired) electrons. The number of carbonyl (C=O) groups excluding carboxylic acids is 2. The first kappa shape index (κ1) is 19.0. The summed E-state index contributed by atoms with van der Waals surface area (Å²) in [4.78, 5) is 24.3. The van der Waals surface area contributed by atoms with Crippen molar-refractivity contribution in [2.24, 2.45) is 0 Å². The van der Waals surface area contributed by atoms with Gasteiger partial charge in [-0.1, -0.05) is 0 Å². The maximum absolute atomic E-state index is 12.9. The fraction of sp³-hybridized carbons (Fsp3) is 0.222. The summed E-state index contributed by atoms with van der Waals surface area (Å²) in [5, 5.41) is 0. The molecule has 0 fully saturated rings. The van der Waals surface area contributed by atoms with E-state index in [0.717, 1.165) is 0 Å². The summed E-state index contributed by atoms with van der Waals surface area (Å²) in [6, 6.07) is 9.95. The molecule has 0 bridgehead atoms. The molecule has 2 aromatic rings. The van der Waals surface area contributed by atoms with Gasteiger partial charge in [0.05, 0.1) is 19.8 Å². The molecule has 2 aromatic carbocycles. The van der Waals surface area contributed by atoms with Gasteiger partial charge in [-0.25, -0.2) is 4.39 Å². The summed E-state index contributed by atoms with van der Waals surface area (Å²) in [6.07, 6.45) is -0.909. The molecule has 7 nitrogen and oxygen atoms in total. The lowest BCUT2D eigenvalue weighted by Gasteiger charge is -2.16. The Morgan fingerprint density at radius 3 is 2.23 bits per heavy atom. The number of rotatable bonds is 6. The van der Waals surface area contributed by atoms with Gasteiger partial charge in [-0.05, 0) is 49.4 Å². The fourth-order valence-corrected chi connectivity index (χ4v) is 2.05. The second-order valence-corrected chi connectivity index (χ2v) is 5.22. The first-order chi connectivity index (χ1) is 12.4. The third-order valence-corrected chi connectivity index (χ3v) is 3.45. The third-order valence-electron chi connectivity index (χ3n) is 3.45. The van der Waals surface area contributed by atoms with Crippen LogP contribution in [0.25, 0.3) is 0 Å². The van der Waals surface area contributed by atoms with Crippen LogP contribution in [0.2, 0.25) is 0 Å². The summed E-state index contributed by atoms with van der Waals surface area (Å²) in [5.41, 5.74) is 4.75. The van der Waals surface area contributed by atoms with E-state index < -0.39 is 23.7 Å². The Morgan fingerprint density at radius 1 is 0.962 bits per heavy atom. The van der Waals surface area contributed by atoms with Gasteiger partial charge < -0.3 is 14.2 Å². The zero-order chi connectivity index (χ0) is 19.1. The Hall–Kier alpha value is -3.29. The number of hydrazine groups is 1. The lowest BCUT2D eigenvalue weighted by Crippen LogP contribution is -2.47. The van der Waals surface area contributed by atoms with E-state index in [1.165, 1.54) is 51.5 Å². The molecule has 0 aliphatic heterocycles. The van der Waals surface area contributed by atoms with Gasteiger partial charge in [0, 0.05) is 0 Å². The highest BCUT2D eigenvalue weighted by Gasteiger charge is 2.18. The SMILES string of the molecule is COc1ccc(OC)c(C(=O)NNC(=O)[C@H](C)Oc2ccc(F)cc2)c1. The van der Waals surface area contributed by atoms with Crippen molar-refractivity contribution in [1.82, 2.24) is 10.9 Å². The third kappa shape index (κ3) is 4.85. The Morgan fingerprint density at radius 2 is 1.62 bits per heavy atom. The van der Waals surface area contributed by atoms with E-state index in [9.17, 15) is 14.0 Å². The number of hydrogen-bond donors (Lipinski definition) is 2. The van der Waals surface area contributed by atoms with Crippen LogP contribution in [-0.2, 0) is 4.79 Å². The molecule has 0 spiro atoms. The summed E-state index contributed by atoms with van der Waals surface area (Å²) in [5.74, 6) is -0.445. The van der Waals surface area contributed by atoms with E-state index in [1.54, 1.807) is 12.1 Å². The second kappa shape index (κ2) is 8.70. The van der Waals surface area contributed by atoms with E-state index in [-0.39, 0.29) is 5.56 Å². The molecule has 2 N–H and O–H groups in total. The predicted molar refractivity (Wildman–Crippen MR) is 91.6 cm³/mol. The lowest BCUT2D eigenvalue weighted by molar-refractivity contribution is -0.128.